The van der Waals surface area contributed by atoms with Gasteiger partial charge in [-0.3, -0.25) is 19.6 Å². The standard InChI is InChI=1S/C20H18N2O5S/c1-12-3-2-4-13(9-12)22-28(25,26)14-5-7-18-16(10-14)17(11-27-18)15-6-8-19(23)21-20(15)24/h2-5,7,9-11,15,22H,6,8H2,1H3,(H,21,23,24). The third kappa shape index (κ3) is 3.38. The van der Waals surface area contributed by atoms with E-state index >= 15 is 0 Å². The van der Waals surface area contributed by atoms with Gasteiger partial charge in [0.2, 0.25) is 11.8 Å². The minimum Gasteiger partial charge on any atom is -0.464 e. The number of piperidine rings is 1. The molecule has 0 spiro atoms. The second kappa shape index (κ2) is 6.79. The molecule has 2 amide bonds. The Labute approximate surface area is 161 Å². The molecule has 1 fully saturated rings. The summed E-state index contributed by atoms with van der Waals surface area (Å²) in [5, 5.41) is 2.86. The molecule has 4 rings (SSSR count). The molecule has 0 aliphatic carbocycles. The van der Waals surface area contributed by atoms with Gasteiger partial charge in [0, 0.05) is 23.1 Å². The van der Waals surface area contributed by atoms with Crippen molar-refractivity contribution in [2.45, 2.75) is 30.6 Å². The molecule has 1 aliphatic rings. The number of aryl methyl sites for hydroxylation is 1. The number of hydrogen-bond donors (Lipinski definition) is 2. The number of hydrogen-bond acceptors (Lipinski definition) is 5. The van der Waals surface area contributed by atoms with E-state index in [9.17, 15) is 18.0 Å². The number of anilines is 1. The largest absolute Gasteiger partial charge is 0.464 e. The summed E-state index contributed by atoms with van der Waals surface area (Å²) in [6.45, 7) is 1.88. The summed E-state index contributed by atoms with van der Waals surface area (Å²) in [6.07, 6.45) is 2.04. The third-order valence-electron chi connectivity index (χ3n) is 4.77. The van der Waals surface area contributed by atoms with Gasteiger partial charge in [-0.25, -0.2) is 8.42 Å². The number of sulfonamides is 1. The molecular formula is C20H18N2O5S. The number of rotatable bonds is 4. The first kappa shape index (κ1) is 18.2. The molecule has 0 saturated carbocycles. The Morgan fingerprint density at radius 3 is 2.71 bits per heavy atom. The van der Waals surface area contributed by atoms with E-state index in [0.717, 1.165) is 5.56 Å². The molecule has 1 saturated heterocycles. The lowest BCUT2D eigenvalue weighted by Crippen LogP contribution is -2.39. The van der Waals surface area contributed by atoms with Crippen molar-refractivity contribution in [1.82, 2.24) is 5.32 Å². The number of carbonyl (C=O) groups is 2. The fourth-order valence-electron chi connectivity index (χ4n) is 3.38. The molecule has 2 N–H and O–H groups in total. The van der Waals surface area contributed by atoms with E-state index in [1.165, 1.54) is 18.4 Å². The van der Waals surface area contributed by atoms with Crippen LogP contribution in [0, 0.1) is 6.92 Å². The van der Waals surface area contributed by atoms with Crippen molar-refractivity contribution in [1.29, 1.82) is 0 Å². The SMILES string of the molecule is Cc1cccc(NS(=O)(=O)c2ccc3occ(C4CCC(=O)NC4=O)c3c2)c1. The Morgan fingerprint density at radius 1 is 1.14 bits per heavy atom. The molecule has 2 aromatic carbocycles. The van der Waals surface area contributed by atoms with Gasteiger partial charge in [0.25, 0.3) is 10.0 Å². The first-order valence-electron chi connectivity index (χ1n) is 8.78. The van der Waals surface area contributed by atoms with Crippen molar-refractivity contribution in [3.63, 3.8) is 0 Å². The molecule has 3 aromatic rings. The van der Waals surface area contributed by atoms with Gasteiger partial charge in [0.05, 0.1) is 17.1 Å². The van der Waals surface area contributed by atoms with Crippen LogP contribution in [0.2, 0.25) is 0 Å². The average molecular weight is 398 g/mol. The highest BCUT2D eigenvalue weighted by Crippen LogP contribution is 2.34. The zero-order chi connectivity index (χ0) is 19.9. The lowest BCUT2D eigenvalue weighted by Gasteiger charge is -2.20. The van der Waals surface area contributed by atoms with Crippen LogP contribution < -0.4 is 10.0 Å². The lowest BCUT2D eigenvalue weighted by atomic mass is 9.90. The Morgan fingerprint density at radius 2 is 1.96 bits per heavy atom. The van der Waals surface area contributed by atoms with Gasteiger partial charge in [-0.15, -0.1) is 0 Å². The van der Waals surface area contributed by atoms with Crippen LogP contribution in [0.3, 0.4) is 0 Å². The number of fused-ring (bicyclic) bond motifs is 1. The molecule has 0 radical (unpaired) electrons. The summed E-state index contributed by atoms with van der Waals surface area (Å²) in [6, 6.07) is 11.6. The smallest absolute Gasteiger partial charge is 0.261 e. The maximum absolute atomic E-state index is 12.8. The molecule has 1 atom stereocenters. The first-order valence-corrected chi connectivity index (χ1v) is 10.3. The van der Waals surface area contributed by atoms with Crippen molar-refractivity contribution < 1.29 is 22.4 Å². The lowest BCUT2D eigenvalue weighted by molar-refractivity contribution is -0.134. The minimum absolute atomic E-state index is 0.0662. The molecule has 28 heavy (non-hydrogen) atoms. The first-order chi connectivity index (χ1) is 13.3. The fraction of sp³-hybridized carbons (Fsp3) is 0.200. The summed E-state index contributed by atoms with van der Waals surface area (Å²) >= 11 is 0. The zero-order valence-electron chi connectivity index (χ0n) is 15.1. The number of nitrogens with one attached hydrogen (secondary N) is 2. The minimum atomic E-state index is -3.82. The molecule has 0 bridgehead atoms. The third-order valence-corrected chi connectivity index (χ3v) is 6.15. The summed E-state index contributed by atoms with van der Waals surface area (Å²) < 4.78 is 33.7. The second-order valence-electron chi connectivity index (χ2n) is 6.83. The maximum atomic E-state index is 12.8. The fourth-order valence-corrected chi connectivity index (χ4v) is 4.45. The van der Waals surface area contributed by atoms with Gasteiger partial charge in [-0.1, -0.05) is 12.1 Å². The Kier molecular flexibility index (Phi) is 4.43. The van der Waals surface area contributed by atoms with Crippen LogP contribution in [-0.2, 0) is 19.6 Å². The van der Waals surface area contributed by atoms with Crippen LogP contribution in [0.4, 0.5) is 5.69 Å². The van der Waals surface area contributed by atoms with Crippen LogP contribution in [-0.4, -0.2) is 20.2 Å². The van der Waals surface area contributed by atoms with Crippen LogP contribution in [0.5, 0.6) is 0 Å². The molecule has 1 aromatic heterocycles. The van der Waals surface area contributed by atoms with Crippen molar-refractivity contribution in [3.8, 4) is 0 Å². The van der Waals surface area contributed by atoms with Gasteiger partial charge >= 0.3 is 0 Å². The number of benzene rings is 2. The average Bonchev–Trinajstić information content (AvgIpc) is 3.04. The van der Waals surface area contributed by atoms with Crippen LogP contribution in [0.1, 0.15) is 29.9 Å². The van der Waals surface area contributed by atoms with Gasteiger partial charge < -0.3 is 4.42 Å². The van der Waals surface area contributed by atoms with E-state index in [2.05, 4.69) is 10.0 Å². The highest BCUT2D eigenvalue weighted by Gasteiger charge is 2.31. The van der Waals surface area contributed by atoms with Crippen molar-refractivity contribution in [2.24, 2.45) is 0 Å². The van der Waals surface area contributed by atoms with Gasteiger partial charge in [0.1, 0.15) is 5.58 Å². The molecule has 7 nitrogen and oxygen atoms in total. The highest BCUT2D eigenvalue weighted by atomic mass is 32.2. The molecule has 2 heterocycles. The highest BCUT2D eigenvalue weighted by molar-refractivity contribution is 7.92. The summed E-state index contributed by atoms with van der Waals surface area (Å²) in [5.41, 5.74) is 2.46. The predicted octanol–water partition coefficient (Wildman–Crippen LogP) is 3.06. The quantitative estimate of drug-likeness (QED) is 0.657. The summed E-state index contributed by atoms with van der Waals surface area (Å²) in [7, 11) is -3.82. The van der Waals surface area contributed by atoms with Crippen LogP contribution in [0.15, 0.2) is 58.0 Å². The Hall–Kier alpha value is -3.13. The number of furan rings is 1. The van der Waals surface area contributed by atoms with Crippen molar-refractivity contribution in [2.75, 3.05) is 4.72 Å². The Balaban J connectivity index is 1.71. The molecule has 1 unspecified atom stereocenters. The molecular weight excluding hydrogens is 380 g/mol. The maximum Gasteiger partial charge on any atom is 0.261 e. The summed E-state index contributed by atoms with van der Waals surface area (Å²) in [5.74, 6) is -1.26. The normalized spacial score (nSPS) is 17.5. The molecule has 144 valence electrons. The van der Waals surface area contributed by atoms with Crippen molar-refractivity contribution in [3.05, 3.63) is 59.9 Å². The second-order valence-corrected chi connectivity index (χ2v) is 8.51. The topological polar surface area (TPSA) is 105 Å². The van der Waals surface area contributed by atoms with Crippen LogP contribution in [0.25, 0.3) is 11.0 Å². The van der Waals surface area contributed by atoms with Crippen LogP contribution >= 0.6 is 0 Å². The zero-order valence-corrected chi connectivity index (χ0v) is 15.9. The van der Waals surface area contributed by atoms with E-state index in [1.54, 1.807) is 24.3 Å². The van der Waals surface area contributed by atoms with E-state index in [0.29, 0.717) is 28.6 Å². The van der Waals surface area contributed by atoms with E-state index in [-0.39, 0.29) is 17.2 Å². The number of carbonyl (C=O) groups excluding carboxylic acids is 2. The van der Waals surface area contributed by atoms with Gasteiger partial charge in [0.15, 0.2) is 0 Å². The number of imide groups is 1. The molecule has 8 heteroatoms. The van der Waals surface area contributed by atoms with E-state index in [1.807, 2.05) is 13.0 Å². The Bertz CT molecular complexity index is 1200. The summed E-state index contributed by atoms with van der Waals surface area (Å²) in [4.78, 5) is 23.7. The van der Waals surface area contributed by atoms with Crippen molar-refractivity contribution >= 4 is 38.5 Å². The molecule has 1 aliphatic heterocycles. The van der Waals surface area contributed by atoms with Gasteiger partial charge in [-0.05, 0) is 49.2 Å². The monoisotopic (exact) mass is 398 g/mol. The van der Waals surface area contributed by atoms with E-state index < -0.39 is 21.8 Å². The predicted molar refractivity (Wildman–Crippen MR) is 103 cm³/mol. The van der Waals surface area contributed by atoms with Gasteiger partial charge in [-0.2, -0.15) is 0 Å². The van der Waals surface area contributed by atoms with E-state index in [4.69, 9.17) is 4.42 Å². The number of amides is 2.